The fraction of sp³-hybridized carbons (Fsp3) is 0.296. The normalized spacial score (nSPS) is 15.6. The number of hydrogen-bond donors (Lipinski definition) is 0. The summed E-state index contributed by atoms with van der Waals surface area (Å²) in [5.41, 5.74) is 3.61. The summed E-state index contributed by atoms with van der Waals surface area (Å²) in [6.07, 6.45) is -0.494. The number of carbonyl (C=O) groups excluding carboxylic acids is 1. The maximum Gasteiger partial charge on any atom is 0.263 e. The molecule has 1 unspecified atom stereocenters. The highest BCUT2D eigenvalue weighted by atomic mass is 16.5. The van der Waals surface area contributed by atoms with Gasteiger partial charge in [0.2, 0.25) is 0 Å². The maximum atomic E-state index is 13.0. The predicted octanol–water partition coefficient (Wildman–Crippen LogP) is 4.70. The van der Waals surface area contributed by atoms with Crippen LogP contribution in [-0.2, 0) is 4.79 Å². The summed E-state index contributed by atoms with van der Waals surface area (Å²) >= 11 is 0. The average Bonchev–Trinajstić information content (AvgIpc) is 2.82. The molecule has 1 fully saturated rings. The summed E-state index contributed by atoms with van der Waals surface area (Å²) in [5, 5.41) is 0. The van der Waals surface area contributed by atoms with Crippen molar-refractivity contribution in [1.82, 2.24) is 9.80 Å². The predicted molar refractivity (Wildman–Crippen MR) is 124 cm³/mol. The zero-order valence-corrected chi connectivity index (χ0v) is 18.3. The molecule has 0 radical (unpaired) electrons. The molecule has 1 heterocycles. The van der Waals surface area contributed by atoms with Crippen LogP contribution in [0, 0.1) is 6.92 Å². The molecule has 4 rings (SSSR count). The van der Waals surface area contributed by atoms with Gasteiger partial charge in [-0.2, -0.15) is 0 Å². The molecule has 0 saturated carbocycles. The van der Waals surface area contributed by atoms with Crippen LogP contribution in [0.25, 0.3) is 0 Å². The Hall–Kier alpha value is -3.11. The maximum absolute atomic E-state index is 13.0. The minimum atomic E-state index is -0.494. The van der Waals surface area contributed by atoms with Gasteiger partial charge in [0.15, 0.2) is 6.10 Å². The quantitative estimate of drug-likeness (QED) is 0.586. The van der Waals surface area contributed by atoms with E-state index in [1.54, 1.807) is 0 Å². The molecule has 0 aromatic heterocycles. The summed E-state index contributed by atoms with van der Waals surface area (Å²) in [4.78, 5) is 17.4. The van der Waals surface area contributed by atoms with Crippen LogP contribution >= 0.6 is 0 Å². The van der Waals surface area contributed by atoms with Gasteiger partial charge < -0.3 is 9.64 Å². The average molecular weight is 415 g/mol. The fourth-order valence-corrected chi connectivity index (χ4v) is 4.27. The molecule has 160 valence electrons. The van der Waals surface area contributed by atoms with Gasteiger partial charge in [0.05, 0.1) is 6.04 Å². The van der Waals surface area contributed by atoms with Crippen LogP contribution in [0.3, 0.4) is 0 Å². The smallest absolute Gasteiger partial charge is 0.263 e. The van der Waals surface area contributed by atoms with Gasteiger partial charge in [-0.15, -0.1) is 0 Å². The van der Waals surface area contributed by atoms with Crippen LogP contribution in [0.15, 0.2) is 84.9 Å². The fourth-order valence-electron chi connectivity index (χ4n) is 4.27. The zero-order chi connectivity index (χ0) is 21.6. The summed E-state index contributed by atoms with van der Waals surface area (Å²) in [6.45, 7) is 6.91. The third-order valence-electron chi connectivity index (χ3n) is 5.97. The Morgan fingerprint density at radius 2 is 1.29 bits per heavy atom. The molecule has 1 amide bonds. The lowest BCUT2D eigenvalue weighted by Gasteiger charge is -2.40. The van der Waals surface area contributed by atoms with Crippen molar-refractivity contribution in [2.75, 3.05) is 26.2 Å². The third kappa shape index (κ3) is 4.97. The van der Waals surface area contributed by atoms with Crippen LogP contribution in [0.1, 0.15) is 29.7 Å². The number of benzene rings is 3. The van der Waals surface area contributed by atoms with E-state index in [4.69, 9.17) is 4.74 Å². The molecular formula is C27H30N2O2. The van der Waals surface area contributed by atoms with Gasteiger partial charge in [-0.3, -0.25) is 9.69 Å². The number of piperazine rings is 1. The molecule has 3 aromatic carbocycles. The molecule has 31 heavy (non-hydrogen) atoms. The number of ether oxygens (including phenoxy) is 1. The molecule has 0 N–H and O–H groups in total. The Morgan fingerprint density at radius 1 is 0.774 bits per heavy atom. The number of carbonyl (C=O) groups is 1. The Balaban J connectivity index is 1.43. The van der Waals surface area contributed by atoms with Crippen molar-refractivity contribution >= 4 is 5.91 Å². The second kappa shape index (κ2) is 9.80. The van der Waals surface area contributed by atoms with E-state index in [1.165, 1.54) is 11.1 Å². The van der Waals surface area contributed by atoms with Crippen molar-refractivity contribution in [3.05, 3.63) is 102 Å². The highest BCUT2D eigenvalue weighted by Gasteiger charge is 2.30. The van der Waals surface area contributed by atoms with Gasteiger partial charge in [0.1, 0.15) is 5.75 Å². The largest absolute Gasteiger partial charge is 0.481 e. The summed E-state index contributed by atoms with van der Waals surface area (Å²) in [5.74, 6) is 0.828. The number of rotatable bonds is 6. The van der Waals surface area contributed by atoms with Crippen molar-refractivity contribution in [3.63, 3.8) is 0 Å². The first-order chi connectivity index (χ1) is 15.1. The summed E-state index contributed by atoms with van der Waals surface area (Å²) in [6, 6.07) is 29.3. The lowest BCUT2D eigenvalue weighted by atomic mass is 9.96. The molecule has 0 bridgehead atoms. The molecule has 3 aromatic rings. The number of para-hydroxylation sites is 1. The van der Waals surface area contributed by atoms with E-state index in [0.717, 1.165) is 24.4 Å². The van der Waals surface area contributed by atoms with E-state index in [2.05, 4.69) is 65.6 Å². The molecule has 4 nitrogen and oxygen atoms in total. The topological polar surface area (TPSA) is 32.8 Å². The van der Waals surface area contributed by atoms with E-state index in [0.29, 0.717) is 13.1 Å². The zero-order valence-electron chi connectivity index (χ0n) is 18.3. The number of aryl methyl sites for hydroxylation is 1. The van der Waals surface area contributed by atoms with Crippen LogP contribution in [0.4, 0.5) is 0 Å². The number of hydrogen-bond acceptors (Lipinski definition) is 3. The standard InChI is InChI=1S/C27H30N2O2/c1-21-11-9-10-16-25(21)31-22(2)27(30)29-19-17-28(18-20-29)26(23-12-5-3-6-13-23)24-14-7-4-8-15-24/h3-16,22,26H,17-20H2,1-2H3. The molecule has 1 aliphatic rings. The first-order valence-electron chi connectivity index (χ1n) is 11.0. The first-order valence-corrected chi connectivity index (χ1v) is 11.0. The highest BCUT2D eigenvalue weighted by molar-refractivity contribution is 5.81. The molecular weight excluding hydrogens is 384 g/mol. The molecule has 1 saturated heterocycles. The van der Waals surface area contributed by atoms with Gasteiger partial charge in [-0.25, -0.2) is 0 Å². The van der Waals surface area contributed by atoms with E-state index in [1.807, 2.05) is 43.0 Å². The Bertz CT molecular complexity index is 943. The van der Waals surface area contributed by atoms with Gasteiger partial charge in [-0.1, -0.05) is 78.9 Å². The van der Waals surface area contributed by atoms with Crippen molar-refractivity contribution in [3.8, 4) is 5.75 Å². The van der Waals surface area contributed by atoms with E-state index in [9.17, 15) is 4.79 Å². The van der Waals surface area contributed by atoms with Crippen molar-refractivity contribution in [2.45, 2.75) is 26.0 Å². The molecule has 0 aliphatic carbocycles. The van der Waals surface area contributed by atoms with Gasteiger partial charge >= 0.3 is 0 Å². The number of nitrogens with zero attached hydrogens (tertiary/aromatic N) is 2. The monoisotopic (exact) mass is 414 g/mol. The lowest BCUT2D eigenvalue weighted by Crippen LogP contribution is -2.52. The second-order valence-corrected chi connectivity index (χ2v) is 8.11. The van der Waals surface area contributed by atoms with E-state index >= 15 is 0 Å². The molecule has 1 aliphatic heterocycles. The number of amides is 1. The third-order valence-corrected chi connectivity index (χ3v) is 5.97. The lowest BCUT2D eigenvalue weighted by molar-refractivity contribution is -0.140. The summed E-state index contributed by atoms with van der Waals surface area (Å²) in [7, 11) is 0. The van der Waals surface area contributed by atoms with Gasteiger partial charge in [-0.05, 0) is 36.6 Å². The SMILES string of the molecule is Cc1ccccc1OC(C)C(=O)N1CCN(C(c2ccccc2)c2ccccc2)CC1. The summed E-state index contributed by atoms with van der Waals surface area (Å²) < 4.78 is 5.97. The van der Waals surface area contributed by atoms with Crippen molar-refractivity contribution < 1.29 is 9.53 Å². The highest BCUT2D eigenvalue weighted by Crippen LogP contribution is 2.29. The molecule has 1 atom stereocenters. The van der Waals surface area contributed by atoms with Crippen LogP contribution < -0.4 is 4.74 Å². The Morgan fingerprint density at radius 3 is 1.84 bits per heavy atom. The Labute approximate surface area is 185 Å². The van der Waals surface area contributed by atoms with Crippen LogP contribution in [-0.4, -0.2) is 48.0 Å². The van der Waals surface area contributed by atoms with Crippen LogP contribution in [0.2, 0.25) is 0 Å². The van der Waals surface area contributed by atoms with Crippen molar-refractivity contribution in [1.29, 1.82) is 0 Å². The first kappa shape index (κ1) is 21.1. The Kier molecular flexibility index (Phi) is 6.68. The molecule has 0 spiro atoms. The van der Waals surface area contributed by atoms with Crippen molar-refractivity contribution in [2.24, 2.45) is 0 Å². The minimum Gasteiger partial charge on any atom is -0.481 e. The minimum absolute atomic E-state index is 0.0545. The molecule has 4 heteroatoms. The second-order valence-electron chi connectivity index (χ2n) is 8.11. The van der Waals surface area contributed by atoms with E-state index < -0.39 is 6.10 Å². The van der Waals surface area contributed by atoms with Gasteiger partial charge in [0, 0.05) is 26.2 Å². The van der Waals surface area contributed by atoms with Gasteiger partial charge in [0.25, 0.3) is 5.91 Å². The van der Waals surface area contributed by atoms with Crippen LogP contribution in [0.5, 0.6) is 5.75 Å². The van der Waals surface area contributed by atoms with E-state index in [-0.39, 0.29) is 11.9 Å².